The molecule has 1 nitrogen and oxygen atoms in total. The predicted octanol–water partition coefficient (Wildman–Crippen LogP) is 4.50. The summed E-state index contributed by atoms with van der Waals surface area (Å²) in [4.78, 5) is 13.5. The van der Waals surface area contributed by atoms with Crippen molar-refractivity contribution in [2.45, 2.75) is 20.8 Å². The normalized spacial score (nSPS) is 10.4. The van der Waals surface area contributed by atoms with Crippen LogP contribution >= 0.6 is 7.92 Å². The van der Waals surface area contributed by atoms with Gasteiger partial charge < -0.3 is 0 Å². The fraction of sp³-hybridized carbons (Fsp3) is 0.136. The van der Waals surface area contributed by atoms with Crippen LogP contribution in [0.2, 0.25) is 0 Å². The average molecular weight is 371 g/mol. The van der Waals surface area contributed by atoms with Gasteiger partial charge in [-0.25, -0.2) is 0 Å². The molecular formula is C22H21KOP. The SMILES string of the molecule is Cc1cc(C)c(C(=O)P(c2ccccc2)c2ccccc2)c(C)c1.[K]. The molecular weight excluding hydrogens is 350 g/mol. The summed E-state index contributed by atoms with van der Waals surface area (Å²) in [5.74, 6) is 0. The molecule has 3 aromatic carbocycles. The third-order valence-electron chi connectivity index (χ3n) is 4.12. The van der Waals surface area contributed by atoms with Crippen LogP contribution in [-0.2, 0) is 0 Å². The van der Waals surface area contributed by atoms with Crippen molar-refractivity contribution in [1.29, 1.82) is 0 Å². The zero-order chi connectivity index (χ0) is 17.1. The van der Waals surface area contributed by atoms with Crippen molar-refractivity contribution >= 4 is 75.4 Å². The number of hydrogen-bond acceptors (Lipinski definition) is 1. The van der Waals surface area contributed by atoms with Gasteiger partial charge in [-0.15, -0.1) is 0 Å². The molecule has 1 radical (unpaired) electrons. The number of hydrogen-bond donors (Lipinski definition) is 0. The molecule has 0 aliphatic carbocycles. The van der Waals surface area contributed by atoms with E-state index in [-0.39, 0.29) is 56.9 Å². The summed E-state index contributed by atoms with van der Waals surface area (Å²) in [6.07, 6.45) is 0. The molecule has 25 heavy (non-hydrogen) atoms. The van der Waals surface area contributed by atoms with E-state index >= 15 is 0 Å². The molecule has 0 saturated heterocycles. The van der Waals surface area contributed by atoms with Crippen LogP contribution in [0.25, 0.3) is 0 Å². The van der Waals surface area contributed by atoms with Gasteiger partial charge in [-0.1, -0.05) is 78.4 Å². The molecule has 0 spiro atoms. The summed E-state index contributed by atoms with van der Waals surface area (Å²) in [5.41, 5.74) is 4.44. The first-order valence-corrected chi connectivity index (χ1v) is 9.44. The van der Waals surface area contributed by atoms with Gasteiger partial charge in [-0.2, -0.15) is 0 Å². The Hall–Kier alpha value is -0.604. The molecule has 0 aliphatic rings. The number of carbonyl (C=O) groups excluding carboxylic acids is 1. The molecule has 3 rings (SSSR count). The molecule has 0 aromatic heterocycles. The number of rotatable bonds is 4. The average Bonchev–Trinajstić information content (AvgIpc) is 2.56. The third-order valence-corrected chi connectivity index (χ3v) is 6.38. The van der Waals surface area contributed by atoms with E-state index < -0.39 is 7.92 Å². The Balaban J connectivity index is 0.00000225. The van der Waals surface area contributed by atoms with Crippen LogP contribution in [-0.4, -0.2) is 56.9 Å². The number of benzene rings is 3. The molecule has 0 fully saturated rings. The minimum atomic E-state index is -1.07. The fourth-order valence-corrected chi connectivity index (χ4v) is 5.45. The molecule has 0 N–H and O–H groups in total. The van der Waals surface area contributed by atoms with Crippen molar-refractivity contribution in [3.63, 3.8) is 0 Å². The van der Waals surface area contributed by atoms with E-state index in [1.807, 2.05) is 50.2 Å². The third kappa shape index (κ3) is 4.77. The van der Waals surface area contributed by atoms with Crippen LogP contribution in [0.15, 0.2) is 72.8 Å². The quantitative estimate of drug-likeness (QED) is 0.487. The van der Waals surface area contributed by atoms with E-state index in [9.17, 15) is 4.79 Å². The molecule has 0 amide bonds. The molecule has 3 aromatic rings. The summed E-state index contributed by atoms with van der Waals surface area (Å²) < 4.78 is 0. The number of aryl methyl sites for hydroxylation is 3. The van der Waals surface area contributed by atoms with Gasteiger partial charge in [-0.05, 0) is 42.5 Å². The van der Waals surface area contributed by atoms with E-state index in [4.69, 9.17) is 0 Å². The smallest absolute Gasteiger partial charge is 0.193 e. The van der Waals surface area contributed by atoms with Gasteiger partial charge in [0, 0.05) is 64.9 Å². The summed E-state index contributed by atoms with van der Waals surface area (Å²) in [6, 6.07) is 24.5. The van der Waals surface area contributed by atoms with Crippen molar-refractivity contribution in [3.05, 3.63) is 95.1 Å². The van der Waals surface area contributed by atoms with E-state index in [0.717, 1.165) is 27.3 Å². The maximum absolute atomic E-state index is 13.5. The van der Waals surface area contributed by atoms with Gasteiger partial charge in [-0.3, -0.25) is 4.79 Å². The van der Waals surface area contributed by atoms with Crippen LogP contribution in [0.5, 0.6) is 0 Å². The fourth-order valence-electron chi connectivity index (χ4n) is 3.17. The first-order valence-electron chi connectivity index (χ1n) is 8.10. The maximum atomic E-state index is 13.5. The molecule has 121 valence electrons. The summed E-state index contributed by atoms with van der Waals surface area (Å²) in [6.45, 7) is 6.15. The topological polar surface area (TPSA) is 17.1 Å². The first-order chi connectivity index (χ1) is 11.6. The summed E-state index contributed by atoms with van der Waals surface area (Å²) in [5, 5.41) is 2.20. The zero-order valence-corrected chi connectivity index (χ0v) is 19.3. The molecule has 0 bridgehead atoms. The standard InChI is InChI=1S/C22H21OP.K/c1-16-14-17(2)21(18(3)15-16)22(23)24(19-10-6-4-7-11-19)20-12-8-5-9-13-20;/h4-15H,1-3H3;. The summed E-state index contributed by atoms with van der Waals surface area (Å²) >= 11 is 0. The minimum Gasteiger partial charge on any atom is -0.288 e. The molecule has 0 saturated carbocycles. The first kappa shape index (κ1) is 20.7. The summed E-state index contributed by atoms with van der Waals surface area (Å²) in [7, 11) is -1.07. The monoisotopic (exact) mass is 371 g/mol. The minimum absolute atomic E-state index is 0. The van der Waals surface area contributed by atoms with Crippen LogP contribution in [0.1, 0.15) is 27.0 Å². The van der Waals surface area contributed by atoms with Crippen molar-refractivity contribution in [2.24, 2.45) is 0 Å². The predicted molar refractivity (Wildman–Crippen MR) is 110 cm³/mol. The van der Waals surface area contributed by atoms with E-state index in [1.54, 1.807) is 0 Å². The van der Waals surface area contributed by atoms with Crippen LogP contribution in [0, 0.1) is 20.8 Å². The Morgan fingerprint density at radius 3 is 1.52 bits per heavy atom. The Morgan fingerprint density at radius 1 is 0.720 bits per heavy atom. The zero-order valence-electron chi connectivity index (χ0n) is 15.3. The second kappa shape index (κ2) is 9.37. The molecule has 3 heteroatoms. The van der Waals surface area contributed by atoms with Crippen molar-refractivity contribution in [2.75, 3.05) is 0 Å². The van der Waals surface area contributed by atoms with Crippen LogP contribution < -0.4 is 10.6 Å². The Bertz CT molecular complexity index is 797. The van der Waals surface area contributed by atoms with Gasteiger partial charge in [0.1, 0.15) is 0 Å². The molecule has 0 unspecified atom stereocenters. The maximum Gasteiger partial charge on any atom is 0.193 e. The van der Waals surface area contributed by atoms with Crippen molar-refractivity contribution < 1.29 is 4.79 Å². The van der Waals surface area contributed by atoms with Gasteiger partial charge in [0.25, 0.3) is 0 Å². The van der Waals surface area contributed by atoms with E-state index in [0.29, 0.717) is 0 Å². The molecule has 0 aliphatic heterocycles. The van der Waals surface area contributed by atoms with Crippen LogP contribution in [0.3, 0.4) is 0 Å². The van der Waals surface area contributed by atoms with Gasteiger partial charge in [0.2, 0.25) is 0 Å². The Labute approximate surface area is 194 Å². The second-order valence-electron chi connectivity index (χ2n) is 6.09. The van der Waals surface area contributed by atoms with E-state index in [2.05, 4.69) is 43.3 Å². The second-order valence-corrected chi connectivity index (χ2v) is 8.20. The van der Waals surface area contributed by atoms with Gasteiger partial charge >= 0.3 is 0 Å². The van der Waals surface area contributed by atoms with E-state index in [1.165, 1.54) is 5.56 Å². The van der Waals surface area contributed by atoms with Crippen molar-refractivity contribution in [1.82, 2.24) is 0 Å². The number of carbonyl (C=O) groups is 1. The van der Waals surface area contributed by atoms with Crippen LogP contribution in [0.4, 0.5) is 0 Å². The Kier molecular flexibility index (Phi) is 7.76. The van der Waals surface area contributed by atoms with Gasteiger partial charge in [0.15, 0.2) is 5.52 Å². The largest absolute Gasteiger partial charge is 0.288 e. The molecule has 0 atom stereocenters. The molecule has 0 heterocycles. The Morgan fingerprint density at radius 2 is 1.12 bits per heavy atom. The van der Waals surface area contributed by atoms with Crippen molar-refractivity contribution in [3.8, 4) is 0 Å². The van der Waals surface area contributed by atoms with Gasteiger partial charge in [0.05, 0.1) is 0 Å².